The van der Waals surface area contributed by atoms with Gasteiger partial charge in [0.25, 0.3) is 11.6 Å². The number of nitrogens with zero attached hydrogens (tertiary/aromatic N) is 2. The predicted octanol–water partition coefficient (Wildman–Crippen LogP) is 1.33. The van der Waals surface area contributed by atoms with Crippen LogP contribution in [-0.4, -0.2) is 54.6 Å². The van der Waals surface area contributed by atoms with Crippen LogP contribution >= 0.6 is 0 Å². The number of non-ortho nitro benzene ring substituents is 1. The molecule has 25 heavy (non-hydrogen) atoms. The van der Waals surface area contributed by atoms with Crippen LogP contribution in [0.15, 0.2) is 23.1 Å². The molecule has 1 amide bonds. The highest BCUT2D eigenvalue weighted by molar-refractivity contribution is 7.90. The Morgan fingerprint density at radius 3 is 2.36 bits per heavy atom. The molecule has 1 N–H and O–H groups in total. The summed E-state index contributed by atoms with van der Waals surface area (Å²) in [5, 5.41) is 19.8. The first-order chi connectivity index (χ1) is 11.6. The van der Waals surface area contributed by atoms with Gasteiger partial charge in [-0.1, -0.05) is 0 Å². The Hall–Kier alpha value is -2.49. The minimum absolute atomic E-state index is 0.0155. The van der Waals surface area contributed by atoms with Crippen LogP contribution in [0, 0.1) is 16.0 Å². The van der Waals surface area contributed by atoms with Gasteiger partial charge in [-0.15, -0.1) is 0 Å². The summed E-state index contributed by atoms with van der Waals surface area (Å²) in [5.74, 6) is -1.40. The first-order valence-electron chi connectivity index (χ1n) is 7.58. The topological polar surface area (TPSA) is 135 Å². The van der Waals surface area contributed by atoms with Gasteiger partial charge in [0.05, 0.1) is 9.82 Å². The van der Waals surface area contributed by atoms with Crippen molar-refractivity contribution in [3.63, 3.8) is 0 Å². The Morgan fingerprint density at radius 2 is 1.88 bits per heavy atom. The molecule has 0 atom stereocenters. The minimum Gasteiger partial charge on any atom is -0.481 e. The van der Waals surface area contributed by atoms with Gasteiger partial charge in [0, 0.05) is 43.5 Å². The van der Waals surface area contributed by atoms with E-state index in [1.165, 1.54) is 4.90 Å². The number of likely N-dealkylation sites (tertiary alicyclic amines) is 1. The third-order valence-corrected chi connectivity index (χ3v) is 5.23. The van der Waals surface area contributed by atoms with Crippen LogP contribution in [0.4, 0.5) is 5.69 Å². The van der Waals surface area contributed by atoms with Gasteiger partial charge in [0.2, 0.25) is 0 Å². The van der Waals surface area contributed by atoms with Crippen molar-refractivity contribution in [2.45, 2.75) is 24.2 Å². The third kappa shape index (κ3) is 4.75. The average Bonchev–Trinajstić information content (AvgIpc) is 2.53. The standard InChI is InChI=1S/C15H18N2O7S/c1-25(23,24)13-8-11(7-12(9-13)17(21)22)15(20)16-4-2-10(3-5-16)6-14(18)19/h7-10H,2-6H2,1H3,(H,18,19). The smallest absolute Gasteiger partial charge is 0.303 e. The summed E-state index contributed by atoms with van der Waals surface area (Å²) >= 11 is 0. The van der Waals surface area contributed by atoms with Crippen LogP contribution in [0.5, 0.6) is 0 Å². The van der Waals surface area contributed by atoms with Gasteiger partial charge in [-0.25, -0.2) is 8.42 Å². The molecule has 0 unspecified atom stereocenters. The van der Waals surface area contributed by atoms with Gasteiger partial charge < -0.3 is 10.0 Å². The molecule has 2 rings (SSSR count). The highest BCUT2D eigenvalue weighted by atomic mass is 32.2. The normalized spacial score (nSPS) is 15.8. The maximum absolute atomic E-state index is 12.6. The maximum Gasteiger partial charge on any atom is 0.303 e. The minimum atomic E-state index is -3.71. The van der Waals surface area contributed by atoms with Crippen molar-refractivity contribution in [1.29, 1.82) is 0 Å². The Kier molecular flexibility index (Phi) is 5.41. The molecule has 0 aliphatic carbocycles. The van der Waals surface area contributed by atoms with Crippen molar-refractivity contribution in [1.82, 2.24) is 4.90 Å². The Morgan fingerprint density at radius 1 is 1.28 bits per heavy atom. The largest absolute Gasteiger partial charge is 0.481 e. The van der Waals surface area contributed by atoms with Crippen LogP contribution in [0.25, 0.3) is 0 Å². The monoisotopic (exact) mass is 370 g/mol. The molecule has 0 radical (unpaired) electrons. The van der Waals surface area contributed by atoms with Gasteiger partial charge in [-0.2, -0.15) is 0 Å². The summed E-state index contributed by atoms with van der Waals surface area (Å²) in [4.78, 5) is 34.7. The molecular weight excluding hydrogens is 352 g/mol. The van der Waals surface area contributed by atoms with Crippen molar-refractivity contribution in [3.05, 3.63) is 33.9 Å². The van der Waals surface area contributed by atoms with E-state index in [1.807, 2.05) is 0 Å². The number of carbonyl (C=O) groups excluding carboxylic acids is 1. The number of nitro groups is 1. The van der Waals surface area contributed by atoms with E-state index in [2.05, 4.69) is 0 Å². The fourth-order valence-corrected chi connectivity index (χ4v) is 3.47. The van der Waals surface area contributed by atoms with Crippen molar-refractivity contribution < 1.29 is 28.0 Å². The zero-order valence-corrected chi connectivity index (χ0v) is 14.4. The Balaban J connectivity index is 2.23. The second-order valence-electron chi connectivity index (χ2n) is 6.08. The van der Waals surface area contributed by atoms with Crippen LogP contribution in [0.1, 0.15) is 29.6 Å². The lowest BCUT2D eigenvalue weighted by atomic mass is 9.93. The van der Waals surface area contributed by atoms with Crippen LogP contribution in [0.2, 0.25) is 0 Å². The number of nitro benzene ring substituents is 1. The molecule has 1 aromatic carbocycles. The lowest BCUT2D eigenvalue weighted by Gasteiger charge is -2.31. The molecule has 1 heterocycles. The second-order valence-corrected chi connectivity index (χ2v) is 8.09. The third-order valence-electron chi connectivity index (χ3n) is 4.14. The molecule has 1 aliphatic heterocycles. The number of hydrogen-bond acceptors (Lipinski definition) is 6. The fraction of sp³-hybridized carbons (Fsp3) is 0.467. The maximum atomic E-state index is 12.6. The van der Waals surface area contributed by atoms with Gasteiger partial charge >= 0.3 is 5.97 Å². The van der Waals surface area contributed by atoms with E-state index in [0.717, 1.165) is 24.5 Å². The summed E-state index contributed by atoms with van der Waals surface area (Å²) < 4.78 is 23.4. The first kappa shape index (κ1) is 18.8. The van der Waals surface area contributed by atoms with E-state index in [-0.39, 0.29) is 22.8 Å². The van der Waals surface area contributed by atoms with E-state index in [9.17, 15) is 28.1 Å². The number of hydrogen-bond donors (Lipinski definition) is 1. The summed E-state index contributed by atoms with van der Waals surface area (Å²) in [6.45, 7) is 0.654. The summed E-state index contributed by atoms with van der Waals surface area (Å²) in [6.07, 6.45) is 1.99. The summed E-state index contributed by atoms with van der Waals surface area (Å²) in [5.41, 5.74) is -0.529. The molecule has 0 aromatic heterocycles. The summed E-state index contributed by atoms with van der Waals surface area (Å²) in [7, 11) is -3.71. The van der Waals surface area contributed by atoms with Gasteiger partial charge in [-0.05, 0) is 24.8 Å². The fourth-order valence-electron chi connectivity index (χ4n) is 2.80. The highest BCUT2D eigenvalue weighted by Gasteiger charge is 2.27. The molecule has 0 spiro atoms. The SMILES string of the molecule is CS(=O)(=O)c1cc(C(=O)N2CCC(CC(=O)O)CC2)cc([N+](=O)[O-])c1. The van der Waals surface area contributed by atoms with E-state index in [0.29, 0.717) is 25.9 Å². The van der Waals surface area contributed by atoms with Crippen molar-refractivity contribution in [2.75, 3.05) is 19.3 Å². The lowest BCUT2D eigenvalue weighted by molar-refractivity contribution is -0.385. The molecule has 0 bridgehead atoms. The predicted molar refractivity (Wildman–Crippen MR) is 87.1 cm³/mol. The summed E-state index contributed by atoms with van der Waals surface area (Å²) in [6, 6.07) is 3.11. The lowest BCUT2D eigenvalue weighted by Crippen LogP contribution is -2.39. The second kappa shape index (κ2) is 7.18. The highest BCUT2D eigenvalue weighted by Crippen LogP contribution is 2.25. The zero-order chi connectivity index (χ0) is 18.8. The molecule has 1 aromatic rings. The van der Waals surface area contributed by atoms with E-state index in [1.54, 1.807) is 0 Å². The molecule has 136 valence electrons. The zero-order valence-electron chi connectivity index (χ0n) is 13.5. The van der Waals surface area contributed by atoms with E-state index < -0.39 is 32.3 Å². The van der Waals surface area contributed by atoms with Gasteiger partial charge in [0.15, 0.2) is 9.84 Å². The number of rotatable bonds is 5. The van der Waals surface area contributed by atoms with Gasteiger partial charge in [-0.3, -0.25) is 19.7 Å². The average molecular weight is 370 g/mol. The number of carboxylic acid groups (broad SMARTS) is 1. The van der Waals surface area contributed by atoms with Crippen molar-refractivity contribution in [2.24, 2.45) is 5.92 Å². The molecule has 9 nitrogen and oxygen atoms in total. The quantitative estimate of drug-likeness (QED) is 0.610. The van der Waals surface area contributed by atoms with E-state index >= 15 is 0 Å². The van der Waals surface area contributed by atoms with Crippen LogP contribution < -0.4 is 0 Å². The molecule has 10 heteroatoms. The molecular formula is C15H18N2O7S. The number of piperidine rings is 1. The molecule has 1 saturated heterocycles. The van der Waals surface area contributed by atoms with Gasteiger partial charge in [0.1, 0.15) is 0 Å². The molecule has 0 saturated carbocycles. The molecule has 1 fully saturated rings. The number of sulfone groups is 1. The number of amides is 1. The number of carboxylic acids is 1. The van der Waals surface area contributed by atoms with Crippen LogP contribution in [-0.2, 0) is 14.6 Å². The Bertz CT molecular complexity index is 811. The van der Waals surface area contributed by atoms with Crippen LogP contribution in [0.3, 0.4) is 0 Å². The Labute approximate surface area is 144 Å². The number of aliphatic carboxylic acids is 1. The van der Waals surface area contributed by atoms with Crippen molar-refractivity contribution >= 4 is 27.4 Å². The van der Waals surface area contributed by atoms with E-state index in [4.69, 9.17) is 5.11 Å². The first-order valence-corrected chi connectivity index (χ1v) is 9.47. The molecule has 1 aliphatic rings. The number of carbonyl (C=O) groups is 2. The van der Waals surface area contributed by atoms with Crippen molar-refractivity contribution in [3.8, 4) is 0 Å². The number of benzene rings is 1.